The summed E-state index contributed by atoms with van der Waals surface area (Å²) in [4.78, 5) is 25.7. The van der Waals surface area contributed by atoms with Gasteiger partial charge in [0.2, 0.25) is 0 Å². The second-order valence-corrected chi connectivity index (χ2v) is 10.3. The van der Waals surface area contributed by atoms with Crippen LogP contribution in [0.1, 0.15) is 47.4 Å². The van der Waals surface area contributed by atoms with Crippen molar-refractivity contribution in [2.75, 3.05) is 10.6 Å². The minimum atomic E-state index is -0.230. The van der Waals surface area contributed by atoms with Crippen molar-refractivity contribution in [2.45, 2.75) is 39.8 Å². The van der Waals surface area contributed by atoms with E-state index in [0.717, 1.165) is 48.2 Å². The van der Waals surface area contributed by atoms with E-state index in [1.54, 1.807) is 24.3 Å². The van der Waals surface area contributed by atoms with Crippen LogP contribution in [0.3, 0.4) is 0 Å². The molecular weight excluding hydrogens is 520 g/mol. The van der Waals surface area contributed by atoms with Crippen LogP contribution in [0.5, 0.6) is 0 Å². The van der Waals surface area contributed by atoms with E-state index in [1.165, 1.54) is 0 Å². The molecule has 0 spiro atoms. The maximum Gasteiger partial charge on any atom is 0.255 e. The summed E-state index contributed by atoms with van der Waals surface area (Å²) in [6.07, 6.45) is 10.6. The molecule has 5 aromatic rings. The smallest absolute Gasteiger partial charge is 0.255 e. The number of carbonyl (C=O) groups excluding carboxylic acids is 2. The summed E-state index contributed by atoms with van der Waals surface area (Å²) >= 11 is 0. The van der Waals surface area contributed by atoms with E-state index in [1.807, 2.05) is 60.7 Å². The van der Waals surface area contributed by atoms with Crippen molar-refractivity contribution in [1.29, 1.82) is 0 Å². The number of aryl methyl sites for hydroxylation is 2. The fourth-order valence-electron chi connectivity index (χ4n) is 4.85. The van der Waals surface area contributed by atoms with E-state index in [-0.39, 0.29) is 11.8 Å². The standard InChI is InChI=1S/C36H34N4O2/c1-3-21-39-23-5-7-31(25-39)27-13-17-33(18-14-27)37-35(41)29-9-11-30(12-10-29)36(42)38-34-19-15-28(16-20-34)32-8-6-24-40(26-32)22-4-2/h5-20,23-26H,3-4,21-22H2,1-2H3/p+2. The Hall–Kier alpha value is -5.10. The molecule has 2 aromatic heterocycles. The summed E-state index contributed by atoms with van der Waals surface area (Å²) in [6, 6.07) is 30.5. The molecule has 0 unspecified atom stereocenters. The van der Waals surface area contributed by atoms with E-state index in [4.69, 9.17) is 0 Å². The molecule has 6 heteroatoms. The van der Waals surface area contributed by atoms with Crippen molar-refractivity contribution in [3.63, 3.8) is 0 Å². The molecule has 3 aromatic carbocycles. The largest absolute Gasteiger partial charge is 0.322 e. The van der Waals surface area contributed by atoms with E-state index >= 15 is 0 Å². The van der Waals surface area contributed by atoms with Crippen LogP contribution in [-0.2, 0) is 13.1 Å². The molecule has 0 aliphatic carbocycles. The van der Waals surface area contributed by atoms with Crippen LogP contribution in [0.25, 0.3) is 22.3 Å². The molecule has 0 radical (unpaired) electrons. The third-order valence-electron chi connectivity index (χ3n) is 7.04. The number of amides is 2. The molecule has 0 fully saturated rings. The number of anilines is 2. The Balaban J connectivity index is 1.17. The van der Waals surface area contributed by atoms with Gasteiger partial charge in [-0.05, 0) is 71.8 Å². The van der Waals surface area contributed by atoms with Crippen LogP contribution in [-0.4, -0.2) is 11.8 Å². The number of hydrogen-bond acceptors (Lipinski definition) is 2. The molecule has 0 bridgehead atoms. The van der Waals surface area contributed by atoms with Gasteiger partial charge in [0.15, 0.2) is 24.8 Å². The molecule has 2 N–H and O–H groups in total. The fraction of sp³-hybridized carbons (Fsp3) is 0.167. The number of carbonyl (C=O) groups is 2. The second-order valence-electron chi connectivity index (χ2n) is 10.3. The van der Waals surface area contributed by atoms with Gasteiger partial charge in [-0.25, -0.2) is 9.13 Å². The molecule has 0 aliphatic heterocycles. The third kappa shape index (κ3) is 7.15. The average Bonchev–Trinajstić information content (AvgIpc) is 3.02. The fourth-order valence-corrected chi connectivity index (χ4v) is 4.85. The first-order valence-electron chi connectivity index (χ1n) is 14.4. The van der Waals surface area contributed by atoms with Crippen molar-refractivity contribution in [1.82, 2.24) is 0 Å². The summed E-state index contributed by atoms with van der Waals surface area (Å²) in [7, 11) is 0. The van der Waals surface area contributed by atoms with Crippen LogP contribution in [0.15, 0.2) is 122 Å². The summed E-state index contributed by atoms with van der Waals surface area (Å²) in [5.74, 6) is -0.459. The number of hydrogen-bond donors (Lipinski definition) is 2. The van der Waals surface area contributed by atoms with Crippen molar-refractivity contribution >= 4 is 23.2 Å². The Bertz CT molecular complexity index is 1530. The number of nitrogens with zero attached hydrogens (tertiary/aromatic N) is 2. The molecule has 5 rings (SSSR count). The number of rotatable bonds is 10. The first-order chi connectivity index (χ1) is 20.5. The minimum Gasteiger partial charge on any atom is -0.322 e. The molecule has 210 valence electrons. The molecule has 0 atom stereocenters. The molecule has 0 saturated heterocycles. The second kappa shape index (κ2) is 13.5. The first kappa shape index (κ1) is 28.4. The predicted octanol–water partition coefficient (Wildman–Crippen LogP) is 6.92. The van der Waals surface area contributed by atoms with Crippen LogP contribution < -0.4 is 19.8 Å². The third-order valence-corrected chi connectivity index (χ3v) is 7.04. The summed E-state index contributed by atoms with van der Waals surface area (Å²) < 4.78 is 4.36. The van der Waals surface area contributed by atoms with Crippen molar-refractivity contribution in [3.05, 3.63) is 133 Å². The molecule has 0 aliphatic rings. The van der Waals surface area contributed by atoms with Gasteiger partial charge in [0.1, 0.15) is 13.1 Å². The quantitative estimate of drug-likeness (QED) is 0.183. The van der Waals surface area contributed by atoms with Gasteiger partial charge < -0.3 is 10.6 Å². The number of benzene rings is 3. The SMILES string of the molecule is CCC[n+]1cccc(-c2ccc(NC(=O)c3ccc(C(=O)Nc4ccc(-c5ccc[n+](CCC)c5)cc4)cc3)cc2)c1. The van der Waals surface area contributed by atoms with Crippen LogP contribution in [0.2, 0.25) is 0 Å². The molecule has 6 nitrogen and oxygen atoms in total. The highest BCUT2D eigenvalue weighted by atomic mass is 16.2. The predicted molar refractivity (Wildman–Crippen MR) is 167 cm³/mol. The Morgan fingerprint density at radius 1 is 0.524 bits per heavy atom. The van der Waals surface area contributed by atoms with Gasteiger partial charge in [-0.15, -0.1) is 0 Å². The van der Waals surface area contributed by atoms with Gasteiger partial charge in [0, 0.05) is 58.6 Å². The zero-order valence-corrected chi connectivity index (χ0v) is 24.1. The minimum absolute atomic E-state index is 0.230. The Labute approximate surface area is 247 Å². The summed E-state index contributed by atoms with van der Waals surface area (Å²) in [6.45, 7) is 6.27. The molecule has 2 amide bonds. The topological polar surface area (TPSA) is 66.0 Å². The van der Waals surface area contributed by atoms with Gasteiger partial charge in [-0.2, -0.15) is 0 Å². The lowest BCUT2D eigenvalue weighted by Gasteiger charge is -2.09. The first-order valence-corrected chi connectivity index (χ1v) is 14.4. The Morgan fingerprint density at radius 3 is 1.26 bits per heavy atom. The highest BCUT2D eigenvalue weighted by Gasteiger charge is 2.11. The van der Waals surface area contributed by atoms with Crippen LogP contribution in [0.4, 0.5) is 11.4 Å². The lowest BCUT2D eigenvalue weighted by atomic mass is 10.1. The maximum atomic E-state index is 12.8. The van der Waals surface area contributed by atoms with Gasteiger partial charge in [-0.1, -0.05) is 38.1 Å². The van der Waals surface area contributed by atoms with E-state index in [2.05, 4.69) is 70.5 Å². The lowest BCUT2D eigenvalue weighted by molar-refractivity contribution is -0.696. The normalized spacial score (nSPS) is 10.7. The van der Waals surface area contributed by atoms with Crippen LogP contribution >= 0.6 is 0 Å². The Morgan fingerprint density at radius 2 is 0.905 bits per heavy atom. The molecule has 42 heavy (non-hydrogen) atoms. The van der Waals surface area contributed by atoms with Gasteiger partial charge in [-0.3, -0.25) is 9.59 Å². The van der Waals surface area contributed by atoms with E-state index < -0.39 is 0 Å². The molecular formula is C36H36N4O2+2. The summed E-state index contributed by atoms with van der Waals surface area (Å²) in [5.41, 5.74) is 6.81. The Kier molecular flexibility index (Phi) is 9.14. The average molecular weight is 557 g/mol. The maximum absolute atomic E-state index is 12.8. The highest BCUT2D eigenvalue weighted by molar-refractivity contribution is 6.07. The van der Waals surface area contributed by atoms with Crippen molar-refractivity contribution in [2.24, 2.45) is 0 Å². The van der Waals surface area contributed by atoms with Crippen molar-refractivity contribution in [3.8, 4) is 22.3 Å². The highest BCUT2D eigenvalue weighted by Crippen LogP contribution is 2.22. The number of pyridine rings is 2. The van der Waals surface area contributed by atoms with Gasteiger partial charge >= 0.3 is 0 Å². The van der Waals surface area contributed by atoms with E-state index in [0.29, 0.717) is 22.5 Å². The van der Waals surface area contributed by atoms with E-state index in [9.17, 15) is 9.59 Å². The molecule has 2 heterocycles. The lowest BCUT2D eigenvalue weighted by Crippen LogP contribution is -2.32. The molecule has 0 saturated carbocycles. The van der Waals surface area contributed by atoms with Crippen molar-refractivity contribution < 1.29 is 18.7 Å². The van der Waals surface area contributed by atoms with Gasteiger partial charge in [0.25, 0.3) is 11.8 Å². The number of aromatic nitrogens is 2. The van der Waals surface area contributed by atoms with Crippen LogP contribution in [0, 0.1) is 0 Å². The van der Waals surface area contributed by atoms with Gasteiger partial charge in [0.05, 0.1) is 0 Å². The number of nitrogens with one attached hydrogen (secondary N) is 2. The zero-order valence-electron chi connectivity index (χ0n) is 24.1. The zero-order chi connectivity index (χ0) is 29.3. The monoisotopic (exact) mass is 556 g/mol. The summed E-state index contributed by atoms with van der Waals surface area (Å²) in [5, 5.41) is 5.88.